The number of rotatable bonds is 19. The van der Waals surface area contributed by atoms with Crippen molar-refractivity contribution in [3.05, 3.63) is 113 Å². The van der Waals surface area contributed by atoms with Crippen LogP contribution in [0.15, 0.2) is 90.3 Å². The molecule has 0 radical (unpaired) electrons. The summed E-state index contributed by atoms with van der Waals surface area (Å²) in [6.45, 7) is 9.76. The number of hydrogen-bond acceptors (Lipinski definition) is 11. The molecule has 61 heavy (non-hydrogen) atoms. The summed E-state index contributed by atoms with van der Waals surface area (Å²) < 4.78 is 11.2. The molecule has 7 N–H and O–H groups in total. The van der Waals surface area contributed by atoms with E-state index in [-0.39, 0.29) is 75.9 Å². The van der Waals surface area contributed by atoms with Gasteiger partial charge in [-0.05, 0) is 59.7 Å². The third-order valence-electron chi connectivity index (χ3n) is 10.4. The lowest BCUT2D eigenvalue weighted by atomic mass is 9.85. The van der Waals surface area contributed by atoms with E-state index in [1.807, 2.05) is 94.6 Å². The normalized spacial score (nSPS) is 17.0. The van der Waals surface area contributed by atoms with Crippen LogP contribution in [0.3, 0.4) is 0 Å². The first-order chi connectivity index (χ1) is 29.1. The van der Waals surface area contributed by atoms with Crippen molar-refractivity contribution in [2.75, 3.05) is 38.7 Å². The Hall–Kier alpha value is -5.61. The standard InChI is InChI=1S/C46H58N6O8S/c1-29-9-6-7-10-33(29)23-38(54)42(34-11-8-18-48-26-34)50-40(55)16-19-59-21-22-60-20-17-41(56)51-43(46(3,4)5)45(58)52-27-36(53)25-37(52)44(57)49-30(2)31-12-14-32(15-13-31)39-24-35(47)28-61-39/h6-15,18,23-24,26,28,30,36-37,42-43,53-54H,16-17,19-22,25,27,47H2,1-5H3,(H,49,57)(H,50,55)(H,51,56)/b38-23-/t30-,36-,37+,42?,43-/m1/s1. The molecule has 1 saturated heterocycles. The van der Waals surface area contributed by atoms with Gasteiger partial charge in [-0.25, -0.2) is 0 Å². The molecule has 2 aromatic carbocycles. The van der Waals surface area contributed by atoms with Gasteiger partial charge in [0.15, 0.2) is 0 Å². The molecule has 1 fully saturated rings. The Morgan fingerprint density at radius 3 is 2.21 bits per heavy atom. The molecule has 1 aliphatic rings. The number of nitrogens with two attached hydrogens (primary N) is 1. The van der Waals surface area contributed by atoms with Crippen molar-refractivity contribution in [1.29, 1.82) is 0 Å². The van der Waals surface area contributed by atoms with Gasteiger partial charge in [0.25, 0.3) is 0 Å². The van der Waals surface area contributed by atoms with Gasteiger partial charge in [-0.1, -0.05) is 75.4 Å². The summed E-state index contributed by atoms with van der Waals surface area (Å²) in [5.74, 6) is -1.60. The van der Waals surface area contributed by atoms with Crippen LogP contribution >= 0.6 is 11.3 Å². The van der Waals surface area contributed by atoms with Gasteiger partial charge in [0.1, 0.15) is 23.9 Å². The molecule has 2 aromatic heterocycles. The van der Waals surface area contributed by atoms with Gasteiger partial charge in [-0.2, -0.15) is 0 Å². The summed E-state index contributed by atoms with van der Waals surface area (Å²) in [6.07, 6.45) is 4.03. The summed E-state index contributed by atoms with van der Waals surface area (Å²) in [5.41, 5.74) is 10.2. The molecule has 326 valence electrons. The van der Waals surface area contributed by atoms with Gasteiger partial charge in [-0.15, -0.1) is 11.3 Å². The molecular formula is C46H58N6O8S. The highest BCUT2D eigenvalue weighted by Gasteiger charge is 2.44. The Morgan fingerprint density at radius 2 is 1.61 bits per heavy atom. The van der Waals surface area contributed by atoms with Gasteiger partial charge in [0, 0.05) is 59.7 Å². The van der Waals surface area contributed by atoms with Gasteiger partial charge < -0.3 is 46.3 Å². The molecule has 0 aliphatic carbocycles. The topological polar surface area (TPSA) is 205 Å². The number of aliphatic hydroxyl groups excluding tert-OH is 2. The monoisotopic (exact) mass is 854 g/mol. The molecule has 0 saturated carbocycles. The summed E-state index contributed by atoms with van der Waals surface area (Å²) in [7, 11) is 0. The first kappa shape index (κ1) is 46.5. The van der Waals surface area contributed by atoms with Crippen molar-refractivity contribution in [3.63, 3.8) is 0 Å². The fourth-order valence-corrected chi connectivity index (χ4v) is 7.74. The number of hydrogen-bond donors (Lipinski definition) is 6. The zero-order chi connectivity index (χ0) is 44.1. The number of carbonyl (C=O) groups is 4. The predicted molar refractivity (Wildman–Crippen MR) is 236 cm³/mol. The average Bonchev–Trinajstić information content (AvgIpc) is 3.85. The quantitative estimate of drug-likeness (QED) is 0.0506. The summed E-state index contributed by atoms with van der Waals surface area (Å²) in [4.78, 5) is 60.1. The number of pyridine rings is 1. The first-order valence-electron chi connectivity index (χ1n) is 20.4. The number of aromatic nitrogens is 1. The van der Waals surface area contributed by atoms with E-state index in [0.29, 0.717) is 11.3 Å². The molecule has 3 heterocycles. The smallest absolute Gasteiger partial charge is 0.246 e. The number of benzene rings is 2. The van der Waals surface area contributed by atoms with Gasteiger partial charge in [-0.3, -0.25) is 24.2 Å². The second kappa shape index (κ2) is 21.8. The molecule has 4 amide bonds. The Morgan fingerprint density at radius 1 is 0.934 bits per heavy atom. The Balaban J connectivity index is 1.04. The highest BCUT2D eigenvalue weighted by molar-refractivity contribution is 7.14. The molecule has 1 unspecified atom stereocenters. The fraction of sp³-hybridized carbons (Fsp3) is 0.413. The summed E-state index contributed by atoms with van der Waals surface area (Å²) in [6, 6.07) is 17.8. The minimum absolute atomic E-state index is 0.0276. The summed E-state index contributed by atoms with van der Waals surface area (Å²) in [5, 5.41) is 32.2. The van der Waals surface area contributed by atoms with Crippen molar-refractivity contribution in [2.24, 2.45) is 5.41 Å². The zero-order valence-electron chi connectivity index (χ0n) is 35.4. The van der Waals surface area contributed by atoms with Crippen LogP contribution in [0.1, 0.15) is 81.3 Å². The van der Waals surface area contributed by atoms with E-state index >= 15 is 0 Å². The Bertz CT molecular complexity index is 2120. The SMILES string of the molecule is Cc1ccccc1/C=C(\O)C(NC(=O)CCOCCOCCC(=O)N[C@H](C(=O)N1C[C@H](O)C[C@H]1C(=O)N[C@H](C)c1ccc(-c2cc(N)cs2)cc1)C(C)(C)C)c1cccnc1. The number of nitrogen functional groups attached to an aromatic ring is 1. The highest BCUT2D eigenvalue weighted by atomic mass is 32.1. The number of ether oxygens (including phenoxy) is 2. The van der Waals surface area contributed by atoms with Crippen LogP contribution in [0.4, 0.5) is 5.69 Å². The van der Waals surface area contributed by atoms with Crippen LogP contribution in [0.25, 0.3) is 16.5 Å². The van der Waals surface area contributed by atoms with E-state index in [2.05, 4.69) is 20.9 Å². The van der Waals surface area contributed by atoms with Gasteiger partial charge >= 0.3 is 0 Å². The number of nitrogens with zero attached hydrogens (tertiary/aromatic N) is 2. The third kappa shape index (κ3) is 13.4. The fourth-order valence-electron chi connectivity index (χ4n) is 6.94. The minimum atomic E-state index is -0.969. The molecular weight excluding hydrogens is 797 g/mol. The van der Waals surface area contributed by atoms with Crippen LogP contribution in [0.2, 0.25) is 0 Å². The number of anilines is 1. The summed E-state index contributed by atoms with van der Waals surface area (Å²) >= 11 is 1.55. The number of nitrogens with one attached hydrogen (secondary N) is 3. The van der Waals surface area contributed by atoms with Crippen molar-refractivity contribution >= 4 is 46.7 Å². The van der Waals surface area contributed by atoms with Crippen LogP contribution in [-0.4, -0.2) is 94.9 Å². The second-order valence-corrected chi connectivity index (χ2v) is 17.2. The maximum atomic E-state index is 14.0. The van der Waals surface area contributed by atoms with Crippen molar-refractivity contribution in [3.8, 4) is 10.4 Å². The van der Waals surface area contributed by atoms with Crippen LogP contribution < -0.4 is 21.7 Å². The molecule has 15 heteroatoms. The lowest BCUT2D eigenvalue weighted by Gasteiger charge is -2.35. The zero-order valence-corrected chi connectivity index (χ0v) is 36.2. The third-order valence-corrected chi connectivity index (χ3v) is 11.4. The van der Waals surface area contributed by atoms with Crippen molar-refractivity contribution in [1.82, 2.24) is 25.8 Å². The van der Waals surface area contributed by atoms with E-state index in [0.717, 1.165) is 27.1 Å². The molecule has 0 spiro atoms. The average molecular weight is 855 g/mol. The number of aryl methyl sites for hydroxylation is 1. The first-order valence-corrected chi connectivity index (χ1v) is 21.3. The minimum Gasteiger partial charge on any atom is -0.510 e. The number of aliphatic hydroxyl groups is 2. The second-order valence-electron chi connectivity index (χ2n) is 16.3. The van der Waals surface area contributed by atoms with Crippen LogP contribution in [0.5, 0.6) is 0 Å². The van der Waals surface area contributed by atoms with Gasteiger partial charge in [0.05, 0.1) is 38.6 Å². The van der Waals surface area contributed by atoms with E-state index in [4.69, 9.17) is 15.2 Å². The number of likely N-dealkylation sites (tertiary alicyclic amines) is 1. The maximum Gasteiger partial charge on any atom is 0.246 e. The molecule has 14 nitrogen and oxygen atoms in total. The largest absolute Gasteiger partial charge is 0.510 e. The number of thiophene rings is 1. The molecule has 4 aromatic rings. The Labute approximate surface area is 361 Å². The van der Waals surface area contributed by atoms with Crippen molar-refractivity contribution < 1.29 is 38.9 Å². The highest BCUT2D eigenvalue weighted by Crippen LogP contribution is 2.30. The molecule has 0 bridgehead atoms. The number of β-amino-alcohol motifs (C(OH)–C–C–N with tert-alkyl or cyclic N) is 1. The van der Waals surface area contributed by atoms with E-state index < -0.39 is 41.5 Å². The molecule has 1 aliphatic heterocycles. The lowest BCUT2D eigenvalue weighted by molar-refractivity contribution is -0.144. The van der Waals surface area contributed by atoms with Crippen LogP contribution in [0, 0.1) is 12.3 Å². The number of carbonyl (C=O) groups excluding carboxylic acids is 4. The predicted octanol–water partition coefficient (Wildman–Crippen LogP) is 5.64. The van der Waals surface area contributed by atoms with Crippen LogP contribution in [-0.2, 0) is 28.7 Å². The maximum absolute atomic E-state index is 14.0. The number of amides is 4. The molecule has 5 rings (SSSR count). The Kier molecular flexibility index (Phi) is 16.6. The lowest BCUT2D eigenvalue weighted by Crippen LogP contribution is -2.58. The van der Waals surface area contributed by atoms with E-state index in [1.165, 1.54) is 4.90 Å². The molecule has 5 atom stereocenters. The van der Waals surface area contributed by atoms with E-state index in [1.54, 1.807) is 41.9 Å². The van der Waals surface area contributed by atoms with E-state index in [9.17, 15) is 29.4 Å². The van der Waals surface area contributed by atoms with Crippen molar-refractivity contribution in [2.45, 2.75) is 84.2 Å². The van der Waals surface area contributed by atoms with Gasteiger partial charge in [0.2, 0.25) is 23.6 Å².